The fraction of sp³-hybridized carbons (Fsp3) is 0.167. The van der Waals surface area contributed by atoms with Gasteiger partial charge in [0.1, 0.15) is 11.5 Å². The summed E-state index contributed by atoms with van der Waals surface area (Å²) in [5.41, 5.74) is 4.30. The number of nitrogens with zero attached hydrogens (tertiary/aromatic N) is 1. The van der Waals surface area contributed by atoms with E-state index in [1.807, 2.05) is 36.4 Å². The van der Waals surface area contributed by atoms with Crippen LogP contribution in [0.2, 0.25) is 0 Å². The average molecular weight is 294 g/mol. The first kappa shape index (κ1) is 14.2. The smallest absolute Gasteiger partial charge is 0.118 e. The Morgan fingerprint density at radius 2 is 1.45 bits per heavy atom. The Morgan fingerprint density at radius 3 is 2.05 bits per heavy atom. The first-order chi connectivity index (χ1) is 10.8. The molecule has 0 aliphatic carbocycles. The standard InChI is InChI=1S/C18H18N2O2/c1-21-16-7-3-13(4-8-16)11-15-12-18(20-19-15)14-5-9-17(22-2)10-6-14/h3-10,12H,11H2,1-2H3,(H,19,20). The van der Waals surface area contributed by atoms with E-state index < -0.39 is 0 Å². The normalized spacial score (nSPS) is 10.5. The molecule has 0 aliphatic heterocycles. The van der Waals surface area contributed by atoms with E-state index in [0.29, 0.717) is 0 Å². The molecule has 0 amide bonds. The van der Waals surface area contributed by atoms with E-state index in [1.54, 1.807) is 14.2 Å². The summed E-state index contributed by atoms with van der Waals surface area (Å²) >= 11 is 0. The summed E-state index contributed by atoms with van der Waals surface area (Å²) in [6.45, 7) is 0. The minimum atomic E-state index is 0.813. The van der Waals surface area contributed by atoms with Crippen LogP contribution < -0.4 is 9.47 Å². The Morgan fingerprint density at radius 1 is 0.864 bits per heavy atom. The highest BCUT2D eigenvalue weighted by Crippen LogP contribution is 2.22. The van der Waals surface area contributed by atoms with Gasteiger partial charge in [-0.1, -0.05) is 12.1 Å². The van der Waals surface area contributed by atoms with E-state index in [4.69, 9.17) is 9.47 Å². The molecule has 0 spiro atoms. The van der Waals surface area contributed by atoms with Crippen LogP contribution in [0.25, 0.3) is 11.3 Å². The number of H-pyrrole nitrogens is 1. The highest BCUT2D eigenvalue weighted by molar-refractivity contribution is 5.60. The molecule has 0 saturated heterocycles. The zero-order valence-corrected chi connectivity index (χ0v) is 12.7. The molecule has 3 aromatic rings. The maximum absolute atomic E-state index is 5.17. The van der Waals surface area contributed by atoms with Gasteiger partial charge in [0.25, 0.3) is 0 Å². The molecule has 1 N–H and O–H groups in total. The van der Waals surface area contributed by atoms with Gasteiger partial charge in [0.05, 0.1) is 19.9 Å². The summed E-state index contributed by atoms with van der Waals surface area (Å²) in [6, 6.07) is 18.0. The molecule has 0 unspecified atom stereocenters. The summed E-state index contributed by atoms with van der Waals surface area (Å²) in [4.78, 5) is 0. The molecule has 1 heterocycles. The number of aromatic nitrogens is 2. The monoisotopic (exact) mass is 294 g/mol. The lowest BCUT2D eigenvalue weighted by Gasteiger charge is -2.01. The van der Waals surface area contributed by atoms with Crippen molar-refractivity contribution in [1.29, 1.82) is 0 Å². The van der Waals surface area contributed by atoms with Gasteiger partial charge in [0.2, 0.25) is 0 Å². The number of hydrogen-bond acceptors (Lipinski definition) is 3. The molecule has 2 aromatic carbocycles. The van der Waals surface area contributed by atoms with E-state index in [1.165, 1.54) is 5.56 Å². The van der Waals surface area contributed by atoms with Gasteiger partial charge in [-0.2, -0.15) is 5.10 Å². The van der Waals surface area contributed by atoms with Crippen molar-refractivity contribution in [1.82, 2.24) is 10.2 Å². The van der Waals surface area contributed by atoms with Crippen molar-refractivity contribution in [2.75, 3.05) is 14.2 Å². The van der Waals surface area contributed by atoms with Crippen LogP contribution >= 0.6 is 0 Å². The molecule has 4 heteroatoms. The van der Waals surface area contributed by atoms with Crippen molar-refractivity contribution in [3.05, 3.63) is 65.9 Å². The fourth-order valence-corrected chi connectivity index (χ4v) is 2.33. The van der Waals surface area contributed by atoms with Crippen LogP contribution in [0, 0.1) is 0 Å². The molecule has 22 heavy (non-hydrogen) atoms. The summed E-state index contributed by atoms with van der Waals surface area (Å²) in [5, 5.41) is 7.48. The van der Waals surface area contributed by atoms with Gasteiger partial charge in [-0.25, -0.2) is 0 Å². The minimum Gasteiger partial charge on any atom is -0.497 e. The molecule has 0 bridgehead atoms. The molecular formula is C18H18N2O2. The highest BCUT2D eigenvalue weighted by atomic mass is 16.5. The van der Waals surface area contributed by atoms with E-state index in [-0.39, 0.29) is 0 Å². The second-order valence-corrected chi connectivity index (χ2v) is 5.03. The topological polar surface area (TPSA) is 47.1 Å². The SMILES string of the molecule is COc1ccc(Cc2cc(-c3ccc(OC)cc3)n[nH]2)cc1. The molecule has 0 radical (unpaired) electrons. The van der Waals surface area contributed by atoms with Crippen LogP contribution in [-0.4, -0.2) is 24.4 Å². The predicted molar refractivity (Wildman–Crippen MR) is 86.4 cm³/mol. The maximum atomic E-state index is 5.17. The summed E-state index contributed by atoms with van der Waals surface area (Å²) < 4.78 is 10.3. The van der Waals surface area contributed by atoms with E-state index >= 15 is 0 Å². The van der Waals surface area contributed by atoms with Crippen LogP contribution in [0.3, 0.4) is 0 Å². The third-order valence-corrected chi connectivity index (χ3v) is 3.57. The Bertz CT molecular complexity index is 731. The largest absolute Gasteiger partial charge is 0.497 e. The van der Waals surface area contributed by atoms with Crippen molar-refractivity contribution in [3.8, 4) is 22.8 Å². The Balaban J connectivity index is 1.74. The van der Waals surface area contributed by atoms with Crippen molar-refractivity contribution in [2.24, 2.45) is 0 Å². The first-order valence-electron chi connectivity index (χ1n) is 7.10. The molecule has 1 aromatic heterocycles. The van der Waals surface area contributed by atoms with E-state index in [0.717, 1.165) is 34.9 Å². The van der Waals surface area contributed by atoms with Gasteiger partial charge < -0.3 is 9.47 Å². The molecule has 0 fully saturated rings. The van der Waals surface area contributed by atoms with Gasteiger partial charge >= 0.3 is 0 Å². The molecule has 0 atom stereocenters. The third-order valence-electron chi connectivity index (χ3n) is 3.57. The number of methoxy groups -OCH3 is 2. The summed E-state index contributed by atoms with van der Waals surface area (Å²) in [7, 11) is 3.33. The predicted octanol–water partition coefficient (Wildman–Crippen LogP) is 3.68. The van der Waals surface area contributed by atoms with Gasteiger partial charge in [0, 0.05) is 17.7 Å². The second kappa shape index (κ2) is 6.35. The van der Waals surface area contributed by atoms with Crippen molar-refractivity contribution < 1.29 is 9.47 Å². The first-order valence-corrected chi connectivity index (χ1v) is 7.10. The van der Waals surface area contributed by atoms with Crippen LogP contribution in [0.15, 0.2) is 54.6 Å². The quantitative estimate of drug-likeness (QED) is 0.780. The number of aromatic amines is 1. The Hall–Kier alpha value is -2.75. The number of benzene rings is 2. The van der Waals surface area contributed by atoms with Crippen molar-refractivity contribution >= 4 is 0 Å². The molecule has 0 saturated carbocycles. The van der Waals surface area contributed by atoms with Crippen LogP contribution in [0.4, 0.5) is 0 Å². The Labute approximate surface area is 129 Å². The van der Waals surface area contributed by atoms with Gasteiger partial charge in [-0.05, 0) is 48.0 Å². The lowest BCUT2D eigenvalue weighted by molar-refractivity contribution is 0.414. The maximum Gasteiger partial charge on any atom is 0.118 e. The molecule has 0 aliphatic rings. The summed E-state index contributed by atoms with van der Waals surface area (Å²) in [6.07, 6.45) is 0.813. The van der Waals surface area contributed by atoms with E-state index in [2.05, 4.69) is 28.4 Å². The lowest BCUT2D eigenvalue weighted by Crippen LogP contribution is -1.89. The molecule has 4 nitrogen and oxygen atoms in total. The molecule has 112 valence electrons. The van der Waals surface area contributed by atoms with E-state index in [9.17, 15) is 0 Å². The third kappa shape index (κ3) is 3.11. The number of ether oxygens (including phenoxy) is 2. The fourth-order valence-electron chi connectivity index (χ4n) is 2.33. The number of rotatable bonds is 5. The Kier molecular flexibility index (Phi) is 4.10. The zero-order valence-electron chi connectivity index (χ0n) is 12.7. The van der Waals surface area contributed by atoms with Gasteiger partial charge in [0.15, 0.2) is 0 Å². The zero-order chi connectivity index (χ0) is 15.4. The summed E-state index contributed by atoms with van der Waals surface area (Å²) in [5.74, 6) is 1.71. The van der Waals surface area contributed by atoms with Crippen LogP contribution in [-0.2, 0) is 6.42 Å². The molecule has 3 rings (SSSR count). The van der Waals surface area contributed by atoms with Crippen LogP contribution in [0.1, 0.15) is 11.3 Å². The molecular weight excluding hydrogens is 276 g/mol. The second-order valence-electron chi connectivity index (χ2n) is 5.03. The highest BCUT2D eigenvalue weighted by Gasteiger charge is 2.05. The van der Waals surface area contributed by atoms with Crippen molar-refractivity contribution in [3.63, 3.8) is 0 Å². The van der Waals surface area contributed by atoms with Crippen molar-refractivity contribution in [2.45, 2.75) is 6.42 Å². The number of hydrogen-bond donors (Lipinski definition) is 1. The van der Waals surface area contributed by atoms with Crippen LogP contribution in [0.5, 0.6) is 11.5 Å². The average Bonchev–Trinajstić information content (AvgIpc) is 3.04. The lowest BCUT2D eigenvalue weighted by atomic mass is 10.1. The minimum absolute atomic E-state index is 0.813. The van der Waals surface area contributed by atoms with Gasteiger partial charge in [-0.3, -0.25) is 5.10 Å². The van der Waals surface area contributed by atoms with Gasteiger partial charge in [-0.15, -0.1) is 0 Å². The number of nitrogens with one attached hydrogen (secondary N) is 1.